The van der Waals surface area contributed by atoms with Gasteiger partial charge in [0.2, 0.25) is 0 Å². The predicted molar refractivity (Wildman–Crippen MR) is 115 cm³/mol. The number of nitrogens with zero attached hydrogens (tertiary/aromatic N) is 2. The second-order valence-corrected chi connectivity index (χ2v) is 8.11. The number of aryl methyl sites for hydroxylation is 2. The van der Waals surface area contributed by atoms with E-state index in [9.17, 15) is 14.7 Å². The van der Waals surface area contributed by atoms with Crippen LogP contribution in [0.15, 0.2) is 12.1 Å². The summed E-state index contributed by atoms with van der Waals surface area (Å²) in [6.07, 6.45) is 7.37. The number of aromatic nitrogens is 1. The molecule has 3 rings (SSSR count). The first-order valence-electron chi connectivity index (χ1n) is 11.2. The van der Waals surface area contributed by atoms with Crippen molar-refractivity contribution in [3.63, 3.8) is 0 Å². The maximum atomic E-state index is 11.6. The van der Waals surface area contributed by atoms with Crippen LogP contribution in [0.4, 0.5) is 10.6 Å². The number of hydrogen-bond acceptors (Lipinski definition) is 6. The molecule has 8 heteroatoms. The van der Waals surface area contributed by atoms with E-state index >= 15 is 0 Å². The number of anilines is 1. The number of amides is 1. The predicted octanol–water partition coefficient (Wildman–Crippen LogP) is 2.82. The van der Waals surface area contributed by atoms with Crippen LogP contribution in [0, 0.1) is 0 Å². The molecule has 2 aliphatic rings. The van der Waals surface area contributed by atoms with E-state index < -0.39 is 18.1 Å². The van der Waals surface area contributed by atoms with Crippen LogP contribution < -0.4 is 10.6 Å². The normalized spacial score (nSPS) is 16.5. The molecule has 3 N–H and O–H groups in total. The number of ether oxygens (including phenoxy) is 1. The minimum absolute atomic E-state index is 0.224. The van der Waals surface area contributed by atoms with E-state index in [1.807, 2.05) is 0 Å². The number of fused-ring (bicyclic) bond motifs is 1. The van der Waals surface area contributed by atoms with Crippen LogP contribution in [0.25, 0.3) is 0 Å². The van der Waals surface area contributed by atoms with Crippen LogP contribution in [0.1, 0.15) is 56.7 Å². The Hall–Kier alpha value is -2.35. The Morgan fingerprint density at radius 3 is 2.90 bits per heavy atom. The molecule has 1 aliphatic heterocycles. The summed E-state index contributed by atoms with van der Waals surface area (Å²) in [6.45, 7) is 4.53. The highest BCUT2D eigenvalue weighted by Crippen LogP contribution is 2.27. The average molecular weight is 419 g/mol. The highest BCUT2D eigenvalue weighted by molar-refractivity contribution is 5.79. The summed E-state index contributed by atoms with van der Waals surface area (Å²) in [5.74, 6) is 0.0260. The highest BCUT2D eigenvalue weighted by atomic mass is 16.5. The van der Waals surface area contributed by atoms with Crippen LogP contribution >= 0.6 is 0 Å². The van der Waals surface area contributed by atoms with Gasteiger partial charge in [0.15, 0.2) is 0 Å². The maximum absolute atomic E-state index is 11.6. The van der Waals surface area contributed by atoms with E-state index in [0.717, 1.165) is 50.3 Å². The van der Waals surface area contributed by atoms with Crippen molar-refractivity contribution in [3.05, 3.63) is 23.4 Å². The minimum Gasteiger partial charge on any atom is -0.480 e. The number of nitrogens with one attached hydrogen (secondary N) is 2. The van der Waals surface area contributed by atoms with Gasteiger partial charge in [0.25, 0.3) is 0 Å². The summed E-state index contributed by atoms with van der Waals surface area (Å²) in [6, 6.07) is 3.97. The second-order valence-electron chi connectivity index (χ2n) is 8.11. The molecular weight excluding hydrogens is 384 g/mol. The Bertz CT molecular complexity index is 723. The molecule has 1 amide bonds. The molecule has 0 bridgehead atoms. The van der Waals surface area contributed by atoms with Crippen molar-refractivity contribution in [2.45, 2.75) is 70.4 Å². The second kappa shape index (κ2) is 11.2. The lowest BCUT2D eigenvalue weighted by atomic mass is 10.1. The lowest BCUT2D eigenvalue weighted by Crippen LogP contribution is -2.43. The number of carbonyl (C=O) groups excluding carboxylic acids is 1. The first kappa shape index (κ1) is 22.3. The van der Waals surface area contributed by atoms with Gasteiger partial charge in [-0.1, -0.05) is 6.07 Å². The van der Waals surface area contributed by atoms with Crippen molar-refractivity contribution in [1.29, 1.82) is 0 Å². The van der Waals surface area contributed by atoms with Crippen molar-refractivity contribution >= 4 is 17.9 Å². The number of aliphatic carboxylic acids is 1. The van der Waals surface area contributed by atoms with E-state index in [0.29, 0.717) is 19.0 Å². The number of unbranched alkanes of at least 4 members (excludes halogenated alkanes) is 1. The summed E-state index contributed by atoms with van der Waals surface area (Å²) in [5, 5.41) is 15.2. The van der Waals surface area contributed by atoms with Crippen molar-refractivity contribution in [2.75, 3.05) is 31.6 Å². The number of alkyl carbamates (subject to hydrolysis) is 1. The smallest absolute Gasteiger partial charge is 0.407 e. The monoisotopic (exact) mass is 418 g/mol. The molecule has 0 aromatic carbocycles. The third kappa shape index (κ3) is 6.86. The van der Waals surface area contributed by atoms with Gasteiger partial charge in [0, 0.05) is 24.8 Å². The van der Waals surface area contributed by atoms with E-state index in [1.54, 1.807) is 6.92 Å². The molecule has 1 unspecified atom stereocenters. The molecule has 8 nitrogen and oxygen atoms in total. The largest absolute Gasteiger partial charge is 0.480 e. The number of carbonyl (C=O) groups is 2. The summed E-state index contributed by atoms with van der Waals surface area (Å²) in [7, 11) is 0. The zero-order valence-corrected chi connectivity index (χ0v) is 17.9. The van der Waals surface area contributed by atoms with E-state index in [4.69, 9.17) is 9.72 Å². The Morgan fingerprint density at radius 2 is 2.17 bits per heavy atom. The third-order valence-electron chi connectivity index (χ3n) is 5.71. The molecule has 1 aliphatic carbocycles. The lowest BCUT2D eigenvalue weighted by Gasteiger charge is -2.24. The van der Waals surface area contributed by atoms with Crippen LogP contribution in [-0.4, -0.2) is 65.4 Å². The molecule has 0 spiro atoms. The molecule has 1 fully saturated rings. The summed E-state index contributed by atoms with van der Waals surface area (Å²) in [5.41, 5.74) is 2.44. The van der Waals surface area contributed by atoms with Gasteiger partial charge in [-0.25, -0.2) is 14.6 Å². The number of hydrogen-bond donors (Lipinski definition) is 3. The Labute approximate surface area is 178 Å². The Kier molecular flexibility index (Phi) is 8.30. The van der Waals surface area contributed by atoms with Gasteiger partial charge in [-0.3, -0.25) is 0 Å². The van der Waals surface area contributed by atoms with Gasteiger partial charge >= 0.3 is 12.1 Å². The molecular formula is C22H34N4O4. The number of rotatable bonds is 12. The summed E-state index contributed by atoms with van der Waals surface area (Å²) < 4.78 is 4.81. The number of carboxylic acids is 1. The van der Waals surface area contributed by atoms with Gasteiger partial charge in [-0.15, -0.1) is 0 Å². The quantitative estimate of drug-likeness (QED) is 0.448. The lowest BCUT2D eigenvalue weighted by molar-refractivity contribution is -0.139. The molecule has 1 atom stereocenters. The number of carboxylic acid groups (broad SMARTS) is 1. The van der Waals surface area contributed by atoms with E-state index in [2.05, 4.69) is 27.7 Å². The Morgan fingerprint density at radius 1 is 1.33 bits per heavy atom. The van der Waals surface area contributed by atoms with Crippen molar-refractivity contribution in [1.82, 2.24) is 15.2 Å². The molecule has 1 aromatic heterocycles. The van der Waals surface area contributed by atoms with Crippen LogP contribution in [0.2, 0.25) is 0 Å². The standard InChI is InChI=1S/C22H34N4O4/c1-2-30-22(29)25-19(21(27)28)12-15-26(18-10-11-18)14-4-3-7-17-9-8-16-6-5-13-23-20(16)24-17/h8-9,18-19H,2-7,10-15H2,1H3,(H,23,24)(H,25,29)(H,27,28). The van der Waals surface area contributed by atoms with Gasteiger partial charge in [-0.2, -0.15) is 0 Å². The summed E-state index contributed by atoms with van der Waals surface area (Å²) in [4.78, 5) is 30.1. The first-order valence-corrected chi connectivity index (χ1v) is 11.2. The molecule has 1 aromatic rings. The zero-order valence-electron chi connectivity index (χ0n) is 17.9. The fourth-order valence-electron chi connectivity index (χ4n) is 3.91. The van der Waals surface area contributed by atoms with Gasteiger partial charge < -0.3 is 25.4 Å². The third-order valence-corrected chi connectivity index (χ3v) is 5.71. The molecule has 0 saturated heterocycles. The van der Waals surface area contributed by atoms with Crippen LogP contribution in [0.5, 0.6) is 0 Å². The van der Waals surface area contributed by atoms with E-state index in [1.165, 1.54) is 24.8 Å². The molecule has 30 heavy (non-hydrogen) atoms. The minimum atomic E-state index is -1.02. The summed E-state index contributed by atoms with van der Waals surface area (Å²) >= 11 is 0. The topological polar surface area (TPSA) is 104 Å². The Balaban J connectivity index is 1.41. The molecule has 2 heterocycles. The zero-order chi connectivity index (χ0) is 21.3. The number of pyridine rings is 1. The van der Waals surface area contributed by atoms with E-state index in [-0.39, 0.29) is 6.61 Å². The maximum Gasteiger partial charge on any atom is 0.407 e. The van der Waals surface area contributed by atoms with Crippen molar-refractivity contribution in [2.24, 2.45) is 0 Å². The highest BCUT2D eigenvalue weighted by Gasteiger charge is 2.30. The fourth-order valence-corrected chi connectivity index (χ4v) is 3.91. The molecule has 166 valence electrons. The van der Waals surface area contributed by atoms with Crippen LogP contribution in [-0.2, 0) is 22.4 Å². The van der Waals surface area contributed by atoms with Gasteiger partial charge in [0.1, 0.15) is 11.9 Å². The fraction of sp³-hybridized carbons (Fsp3) is 0.682. The van der Waals surface area contributed by atoms with Crippen LogP contribution in [0.3, 0.4) is 0 Å². The van der Waals surface area contributed by atoms with Crippen molar-refractivity contribution < 1.29 is 19.4 Å². The molecule has 0 radical (unpaired) electrons. The first-order chi connectivity index (χ1) is 14.6. The molecule has 1 saturated carbocycles. The SMILES string of the molecule is CCOC(=O)NC(CCN(CCCCc1ccc2c(n1)NCCC2)C1CC1)C(=O)O. The van der Waals surface area contributed by atoms with Gasteiger partial charge in [-0.05, 0) is 76.5 Å². The average Bonchev–Trinajstić information content (AvgIpc) is 3.57. The van der Waals surface area contributed by atoms with Gasteiger partial charge in [0.05, 0.1) is 6.61 Å². The van der Waals surface area contributed by atoms with Crippen molar-refractivity contribution in [3.8, 4) is 0 Å².